The molecule has 0 saturated carbocycles. The van der Waals surface area contributed by atoms with Crippen molar-refractivity contribution in [3.8, 4) is 11.5 Å². The van der Waals surface area contributed by atoms with Gasteiger partial charge in [-0.25, -0.2) is 0 Å². The minimum Gasteiger partial charge on any atom is -0.487 e. The van der Waals surface area contributed by atoms with E-state index < -0.39 is 19.6 Å². The van der Waals surface area contributed by atoms with Crippen LogP contribution in [-0.4, -0.2) is 26.9 Å². The molecule has 0 radical (unpaired) electrons. The van der Waals surface area contributed by atoms with Crippen LogP contribution in [0.5, 0.6) is 11.5 Å². The van der Waals surface area contributed by atoms with Crippen LogP contribution in [-0.2, 0) is 0 Å². The number of hydrogen-bond acceptors (Lipinski definition) is 6. The first-order valence-corrected chi connectivity index (χ1v) is 9.62. The van der Waals surface area contributed by atoms with Gasteiger partial charge in [-0.2, -0.15) is 0 Å². The molecule has 0 unspecified atom stereocenters. The van der Waals surface area contributed by atoms with E-state index in [0.29, 0.717) is 11.1 Å². The molecule has 0 amide bonds. The fraction of sp³-hybridized carbons (Fsp3) is 0.333. The summed E-state index contributed by atoms with van der Waals surface area (Å²) in [5.74, 6) is -0.875. The van der Waals surface area contributed by atoms with Crippen LogP contribution in [0.2, 0.25) is 0 Å². The molecule has 0 fully saturated rings. The van der Waals surface area contributed by atoms with Gasteiger partial charge in [-0.05, 0) is 37.1 Å². The van der Waals surface area contributed by atoms with Crippen LogP contribution in [0.3, 0.4) is 0 Å². The third kappa shape index (κ3) is 5.41. The highest BCUT2D eigenvalue weighted by Gasteiger charge is 2.37. The van der Waals surface area contributed by atoms with Crippen molar-refractivity contribution in [1.29, 1.82) is 0 Å². The summed E-state index contributed by atoms with van der Waals surface area (Å²) in [6.45, 7) is 3.86. The highest BCUT2D eigenvalue weighted by atomic mass is 35.6. The fourth-order valence-electron chi connectivity index (χ4n) is 2.84. The van der Waals surface area contributed by atoms with Crippen LogP contribution >= 0.6 is 34.8 Å². The second-order valence-corrected chi connectivity index (χ2v) is 8.18. The molecular formula is C18H17Cl3N2O6. The molecule has 29 heavy (non-hydrogen) atoms. The Morgan fingerprint density at radius 1 is 0.862 bits per heavy atom. The van der Waals surface area contributed by atoms with Crippen LogP contribution in [0.25, 0.3) is 0 Å². The van der Waals surface area contributed by atoms with Gasteiger partial charge in [0.15, 0.2) is 11.5 Å². The smallest absolute Gasteiger partial charge is 0.311 e. The molecule has 0 aliphatic carbocycles. The Balaban J connectivity index is 2.65. The Bertz CT molecular complexity index is 849. The van der Waals surface area contributed by atoms with Crippen molar-refractivity contribution in [2.75, 3.05) is 13.2 Å². The molecule has 0 heterocycles. The first-order valence-electron chi connectivity index (χ1n) is 8.49. The second-order valence-electron chi connectivity index (χ2n) is 5.81. The third-order valence-corrected chi connectivity index (χ3v) is 4.61. The van der Waals surface area contributed by atoms with E-state index in [9.17, 15) is 20.2 Å². The van der Waals surface area contributed by atoms with Crippen LogP contribution in [0.1, 0.15) is 30.9 Å². The van der Waals surface area contributed by atoms with Gasteiger partial charge < -0.3 is 9.47 Å². The topological polar surface area (TPSA) is 105 Å². The Morgan fingerprint density at radius 2 is 1.24 bits per heavy atom. The maximum atomic E-state index is 11.4. The number of nitro benzene ring substituents is 2. The van der Waals surface area contributed by atoms with E-state index in [1.807, 2.05) is 0 Å². The predicted octanol–water partition coefficient (Wildman–Crippen LogP) is 5.80. The average molecular weight is 464 g/mol. The van der Waals surface area contributed by atoms with Crippen molar-refractivity contribution in [1.82, 2.24) is 0 Å². The molecule has 11 heteroatoms. The molecule has 2 aromatic rings. The van der Waals surface area contributed by atoms with Crippen molar-refractivity contribution >= 4 is 46.2 Å². The lowest BCUT2D eigenvalue weighted by Gasteiger charge is -2.25. The SMILES string of the molecule is CCOc1ccc(C(c2ccc(OCC)c([N+](=O)[O-])c2)C(Cl)(Cl)Cl)cc1[N+](=O)[O-]. The highest BCUT2D eigenvalue weighted by Crippen LogP contribution is 2.48. The van der Waals surface area contributed by atoms with Crippen molar-refractivity contribution < 1.29 is 19.3 Å². The number of nitro groups is 2. The van der Waals surface area contributed by atoms with E-state index in [4.69, 9.17) is 44.3 Å². The Hall–Kier alpha value is -2.29. The summed E-state index contributed by atoms with van der Waals surface area (Å²) in [6, 6.07) is 8.33. The van der Waals surface area contributed by atoms with Gasteiger partial charge in [0.2, 0.25) is 3.79 Å². The Kier molecular flexibility index (Phi) is 7.51. The summed E-state index contributed by atoms with van der Waals surface area (Å²) < 4.78 is 8.60. The van der Waals surface area contributed by atoms with Gasteiger partial charge in [0.05, 0.1) is 29.0 Å². The Labute approximate surface area is 181 Å². The van der Waals surface area contributed by atoms with Crippen LogP contribution in [0.4, 0.5) is 11.4 Å². The van der Waals surface area contributed by atoms with E-state index >= 15 is 0 Å². The van der Waals surface area contributed by atoms with Gasteiger partial charge in [0.1, 0.15) is 0 Å². The van der Waals surface area contributed by atoms with Gasteiger partial charge in [-0.15, -0.1) is 0 Å². The first-order chi connectivity index (χ1) is 13.6. The summed E-state index contributed by atoms with van der Waals surface area (Å²) in [5, 5.41) is 22.9. The van der Waals surface area contributed by atoms with Crippen molar-refractivity contribution in [3.63, 3.8) is 0 Å². The number of ether oxygens (including phenoxy) is 2. The van der Waals surface area contributed by atoms with Gasteiger partial charge in [-0.1, -0.05) is 46.9 Å². The van der Waals surface area contributed by atoms with Crippen molar-refractivity contribution in [2.45, 2.75) is 23.6 Å². The lowest BCUT2D eigenvalue weighted by atomic mass is 9.91. The lowest BCUT2D eigenvalue weighted by molar-refractivity contribution is -0.386. The zero-order valence-corrected chi connectivity index (χ0v) is 17.7. The molecule has 2 rings (SSSR count). The summed E-state index contributed by atoms with van der Waals surface area (Å²) >= 11 is 18.5. The molecule has 0 saturated heterocycles. The normalized spacial score (nSPS) is 11.4. The lowest BCUT2D eigenvalue weighted by Crippen LogP contribution is -2.19. The van der Waals surface area contributed by atoms with Crippen LogP contribution < -0.4 is 9.47 Å². The third-order valence-electron chi connectivity index (χ3n) is 3.95. The maximum absolute atomic E-state index is 11.4. The number of nitrogens with zero attached hydrogens (tertiary/aromatic N) is 2. The predicted molar refractivity (Wildman–Crippen MR) is 111 cm³/mol. The molecule has 0 spiro atoms. The van der Waals surface area contributed by atoms with E-state index in [1.165, 1.54) is 36.4 Å². The summed E-state index contributed by atoms with van der Waals surface area (Å²) in [6.07, 6.45) is 0. The standard InChI is InChI=1S/C18H17Cl3N2O6/c1-3-28-15-7-5-11(9-13(15)22(24)25)17(18(19,20)21)12-6-8-16(29-4-2)14(10-12)23(26)27/h5-10,17H,3-4H2,1-2H3. The Morgan fingerprint density at radius 3 is 1.52 bits per heavy atom. The van der Waals surface area contributed by atoms with Crippen LogP contribution in [0.15, 0.2) is 36.4 Å². The maximum Gasteiger partial charge on any atom is 0.311 e. The molecule has 0 aliphatic rings. The summed E-state index contributed by atoms with van der Waals surface area (Å²) in [5.41, 5.74) is -0.0229. The zero-order chi connectivity index (χ0) is 21.8. The second kappa shape index (κ2) is 9.47. The van der Waals surface area contributed by atoms with Gasteiger partial charge >= 0.3 is 11.4 Å². The monoisotopic (exact) mass is 462 g/mol. The molecule has 0 N–H and O–H groups in total. The van der Waals surface area contributed by atoms with E-state index in [0.717, 1.165) is 0 Å². The van der Waals surface area contributed by atoms with Gasteiger partial charge in [0, 0.05) is 12.1 Å². The largest absolute Gasteiger partial charge is 0.487 e. The molecule has 0 aromatic heterocycles. The molecule has 0 aliphatic heterocycles. The molecular weight excluding hydrogens is 447 g/mol. The number of alkyl halides is 3. The molecule has 156 valence electrons. The van der Waals surface area contributed by atoms with Gasteiger partial charge in [0.25, 0.3) is 0 Å². The van der Waals surface area contributed by atoms with E-state index in [-0.39, 0.29) is 36.1 Å². The van der Waals surface area contributed by atoms with E-state index in [1.54, 1.807) is 13.8 Å². The quantitative estimate of drug-likeness (QED) is 0.278. The number of halogens is 3. The minimum absolute atomic E-state index is 0.0713. The molecule has 0 bridgehead atoms. The molecule has 0 atom stereocenters. The van der Waals surface area contributed by atoms with E-state index in [2.05, 4.69) is 0 Å². The summed E-state index contributed by atoms with van der Waals surface area (Å²) in [4.78, 5) is 21.7. The summed E-state index contributed by atoms with van der Waals surface area (Å²) in [7, 11) is 0. The molecule has 8 nitrogen and oxygen atoms in total. The van der Waals surface area contributed by atoms with Crippen LogP contribution in [0, 0.1) is 20.2 Å². The highest BCUT2D eigenvalue weighted by molar-refractivity contribution is 6.68. The first kappa shape index (κ1) is 23.0. The number of hydrogen-bond donors (Lipinski definition) is 0. The van der Waals surface area contributed by atoms with Gasteiger partial charge in [-0.3, -0.25) is 20.2 Å². The number of benzene rings is 2. The minimum atomic E-state index is -1.94. The molecule has 2 aromatic carbocycles. The van der Waals surface area contributed by atoms with Crippen molar-refractivity contribution in [3.05, 3.63) is 67.8 Å². The average Bonchev–Trinajstić information content (AvgIpc) is 2.63. The zero-order valence-electron chi connectivity index (χ0n) is 15.4. The number of rotatable bonds is 8. The van der Waals surface area contributed by atoms with Crippen molar-refractivity contribution in [2.24, 2.45) is 0 Å². The fourth-order valence-corrected chi connectivity index (χ4v) is 3.59.